The van der Waals surface area contributed by atoms with Crippen molar-refractivity contribution in [3.05, 3.63) is 64.2 Å². The van der Waals surface area contributed by atoms with E-state index in [1.807, 2.05) is 22.8 Å². The Hall–Kier alpha value is -3.63. The molecular formula is C25H23N5OS. The predicted molar refractivity (Wildman–Crippen MR) is 129 cm³/mol. The van der Waals surface area contributed by atoms with Crippen LogP contribution in [0.2, 0.25) is 0 Å². The summed E-state index contributed by atoms with van der Waals surface area (Å²) in [5.74, 6) is 2.44. The van der Waals surface area contributed by atoms with E-state index in [2.05, 4.69) is 64.2 Å². The fourth-order valence-corrected chi connectivity index (χ4v) is 4.92. The molecule has 0 spiro atoms. The number of aromatic nitrogens is 3. The molecule has 0 N–H and O–H groups in total. The fourth-order valence-electron chi connectivity index (χ4n) is 4.33. The second-order valence-electron chi connectivity index (χ2n) is 7.97. The lowest BCUT2D eigenvalue weighted by atomic mass is 9.96. The number of terminal acetylenes is 1. The zero-order valence-corrected chi connectivity index (χ0v) is 18.9. The highest BCUT2D eigenvalue weighted by atomic mass is 32.1. The molecule has 7 heteroatoms. The van der Waals surface area contributed by atoms with Crippen LogP contribution in [0.4, 0.5) is 5.69 Å². The monoisotopic (exact) mass is 441 g/mol. The topological polar surface area (TPSA) is 54.3 Å². The number of aryl methyl sites for hydroxylation is 2. The van der Waals surface area contributed by atoms with Gasteiger partial charge in [-0.05, 0) is 47.7 Å². The number of carbonyl (C=O) groups is 1. The normalized spacial score (nSPS) is 14.0. The molecule has 0 bridgehead atoms. The first-order valence-electron chi connectivity index (χ1n) is 10.5. The molecule has 0 aliphatic carbocycles. The summed E-state index contributed by atoms with van der Waals surface area (Å²) in [6.07, 6.45) is 7.31. The van der Waals surface area contributed by atoms with Crippen LogP contribution in [0, 0.1) is 19.3 Å². The molecular weight excluding hydrogens is 418 g/mol. The van der Waals surface area contributed by atoms with Crippen LogP contribution in [0.5, 0.6) is 0 Å². The predicted octanol–water partition coefficient (Wildman–Crippen LogP) is 3.95. The van der Waals surface area contributed by atoms with E-state index in [-0.39, 0.29) is 5.91 Å². The zero-order chi connectivity index (χ0) is 22.2. The van der Waals surface area contributed by atoms with E-state index in [4.69, 9.17) is 6.42 Å². The lowest BCUT2D eigenvalue weighted by molar-refractivity contribution is 0.0741. The summed E-state index contributed by atoms with van der Waals surface area (Å²) in [5, 5.41) is 7.88. The van der Waals surface area contributed by atoms with Gasteiger partial charge in [0, 0.05) is 49.7 Å². The number of anilines is 1. The Kier molecular flexibility index (Phi) is 5.16. The number of carbonyl (C=O) groups excluding carboxylic acids is 1. The SMILES string of the molecule is C#Cc1nc(C(=O)N2CCN(c3ccc(-c4c(C)ccc5c4cnn5C)cc3)CC2)cs1. The third kappa shape index (κ3) is 3.53. The summed E-state index contributed by atoms with van der Waals surface area (Å²) in [4.78, 5) is 21.1. The molecule has 2 aromatic heterocycles. The molecule has 32 heavy (non-hydrogen) atoms. The highest BCUT2D eigenvalue weighted by molar-refractivity contribution is 7.10. The summed E-state index contributed by atoms with van der Waals surface area (Å²) in [5.41, 5.74) is 6.39. The van der Waals surface area contributed by atoms with Crippen molar-refractivity contribution < 1.29 is 4.79 Å². The maximum absolute atomic E-state index is 12.7. The number of thiazole rings is 1. The Labute approximate surface area is 191 Å². The minimum Gasteiger partial charge on any atom is -0.368 e. The van der Waals surface area contributed by atoms with Gasteiger partial charge >= 0.3 is 0 Å². The van der Waals surface area contributed by atoms with Crippen LogP contribution in [0.15, 0.2) is 48.0 Å². The van der Waals surface area contributed by atoms with Crippen molar-refractivity contribution >= 4 is 33.8 Å². The molecule has 0 saturated carbocycles. The number of hydrogen-bond acceptors (Lipinski definition) is 5. The van der Waals surface area contributed by atoms with Crippen LogP contribution in [-0.4, -0.2) is 51.8 Å². The highest BCUT2D eigenvalue weighted by Gasteiger charge is 2.24. The van der Waals surface area contributed by atoms with E-state index in [0.717, 1.165) is 18.6 Å². The van der Waals surface area contributed by atoms with E-state index in [1.165, 1.54) is 39.1 Å². The molecule has 0 atom stereocenters. The second kappa shape index (κ2) is 8.13. The Morgan fingerprint density at radius 2 is 1.84 bits per heavy atom. The zero-order valence-electron chi connectivity index (χ0n) is 18.1. The lowest BCUT2D eigenvalue weighted by Gasteiger charge is -2.36. The van der Waals surface area contributed by atoms with Gasteiger partial charge in [0.2, 0.25) is 0 Å². The first-order valence-corrected chi connectivity index (χ1v) is 11.4. The summed E-state index contributed by atoms with van der Waals surface area (Å²) < 4.78 is 1.91. The molecule has 3 heterocycles. The molecule has 160 valence electrons. The van der Waals surface area contributed by atoms with E-state index in [1.54, 1.807) is 5.38 Å². The van der Waals surface area contributed by atoms with Crippen LogP contribution in [0.3, 0.4) is 0 Å². The Bertz CT molecular complexity index is 1340. The van der Waals surface area contributed by atoms with E-state index >= 15 is 0 Å². The van der Waals surface area contributed by atoms with Crippen molar-refractivity contribution in [1.29, 1.82) is 0 Å². The minimum atomic E-state index is -0.0437. The lowest BCUT2D eigenvalue weighted by Crippen LogP contribution is -2.48. The fraction of sp³-hybridized carbons (Fsp3) is 0.240. The van der Waals surface area contributed by atoms with Gasteiger partial charge in [-0.2, -0.15) is 5.10 Å². The number of hydrogen-bond donors (Lipinski definition) is 0. The van der Waals surface area contributed by atoms with Crippen molar-refractivity contribution in [2.75, 3.05) is 31.1 Å². The molecule has 1 aliphatic heterocycles. The summed E-state index contributed by atoms with van der Waals surface area (Å²) in [6, 6.07) is 13.0. The van der Waals surface area contributed by atoms with Crippen LogP contribution < -0.4 is 4.90 Å². The van der Waals surface area contributed by atoms with E-state index in [0.29, 0.717) is 23.8 Å². The molecule has 0 radical (unpaired) electrons. The number of rotatable bonds is 3. The number of benzene rings is 2. The first-order chi connectivity index (χ1) is 15.5. The van der Waals surface area contributed by atoms with Crippen molar-refractivity contribution in [1.82, 2.24) is 19.7 Å². The van der Waals surface area contributed by atoms with Gasteiger partial charge in [-0.15, -0.1) is 17.8 Å². The maximum atomic E-state index is 12.7. The van der Waals surface area contributed by atoms with Gasteiger partial charge in [0.05, 0.1) is 11.7 Å². The minimum absolute atomic E-state index is 0.0437. The van der Waals surface area contributed by atoms with Crippen LogP contribution >= 0.6 is 11.3 Å². The quantitative estimate of drug-likeness (QED) is 0.452. The molecule has 1 aliphatic rings. The van der Waals surface area contributed by atoms with Gasteiger partial charge in [-0.25, -0.2) is 4.98 Å². The maximum Gasteiger partial charge on any atom is 0.273 e. The number of fused-ring (bicyclic) bond motifs is 1. The van der Waals surface area contributed by atoms with Gasteiger partial charge in [0.15, 0.2) is 5.01 Å². The molecule has 5 rings (SSSR count). The highest BCUT2D eigenvalue weighted by Crippen LogP contribution is 2.33. The number of nitrogens with zero attached hydrogens (tertiary/aromatic N) is 5. The van der Waals surface area contributed by atoms with Crippen LogP contribution in [0.25, 0.3) is 22.0 Å². The Morgan fingerprint density at radius 3 is 2.53 bits per heavy atom. The average molecular weight is 442 g/mol. The standard InChI is InChI=1S/C25H23N5OS/c1-4-23-27-21(16-32-23)25(31)30-13-11-29(12-14-30)19-8-6-18(7-9-19)24-17(2)5-10-22-20(24)15-26-28(22)3/h1,5-10,15-16H,11-14H2,2-3H3. The molecule has 0 unspecified atom stereocenters. The summed E-state index contributed by atoms with van der Waals surface area (Å²) >= 11 is 1.33. The second-order valence-corrected chi connectivity index (χ2v) is 8.82. The van der Waals surface area contributed by atoms with Crippen molar-refractivity contribution in [3.8, 4) is 23.5 Å². The van der Waals surface area contributed by atoms with Crippen molar-refractivity contribution in [2.45, 2.75) is 6.92 Å². The summed E-state index contributed by atoms with van der Waals surface area (Å²) in [7, 11) is 1.97. The van der Waals surface area contributed by atoms with Crippen LogP contribution in [-0.2, 0) is 7.05 Å². The van der Waals surface area contributed by atoms with Gasteiger partial charge < -0.3 is 9.80 Å². The van der Waals surface area contributed by atoms with Crippen LogP contribution in [0.1, 0.15) is 21.1 Å². The molecule has 6 nitrogen and oxygen atoms in total. The van der Waals surface area contributed by atoms with Gasteiger partial charge in [-0.3, -0.25) is 9.48 Å². The van der Waals surface area contributed by atoms with Gasteiger partial charge in [-0.1, -0.05) is 18.2 Å². The largest absolute Gasteiger partial charge is 0.368 e. The first kappa shape index (κ1) is 20.3. The summed E-state index contributed by atoms with van der Waals surface area (Å²) in [6.45, 7) is 5.04. The Morgan fingerprint density at radius 1 is 1.09 bits per heavy atom. The molecule has 1 amide bonds. The Balaban J connectivity index is 1.30. The number of amides is 1. The van der Waals surface area contributed by atoms with Gasteiger partial charge in [0.1, 0.15) is 5.69 Å². The molecule has 1 saturated heterocycles. The van der Waals surface area contributed by atoms with Crippen molar-refractivity contribution in [2.24, 2.45) is 7.05 Å². The van der Waals surface area contributed by atoms with Crippen molar-refractivity contribution in [3.63, 3.8) is 0 Å². The molecule has 1 fully saturated rings. The average Bonchev–Trinajstić information content (AvgIpc) is 3.46. The molecule has 4 aromatic rings. The van der Waals surface area contributed by atoms with Gasteiger partial charge in [0.25, 0.3) is 5.91 Å². The molecule has 2 aromatic carbocycles. The van der Waals surface area contributed by atoms with E-state index < -0.39 is 0 Å². The third-order valence-electron chi connectivity index (χ3n) is 6.07. The van der Waals surface area contributed by atoms with E-state index in [9.17, 15) is 4.79 Å². The number of piperazine rings is 1. The third-order valence-corrected chi connectivity index (χ3v) is 6.85. The smallest absolute Gasteiger partial charge is 0.273 e.